The summed E-state index contributed by atoms with van der Waals surface area (Å²) in [6.07, 6.45) is 0. The fraction of sp³-hybridized carbons (Fsp3) is 0.263. The van der Waals surface area contributed by atoms with E-state index in [-0.39, 0.29) is 11.8 Å². The van der Waals surface area contributed by atoms with Crippen molar-refractivity contribution in [2.24, 2.45) is 0 Å². The fourth-order valence-electron chi connectivity index (χ4n) is 2.72. The zero-order valence-electron chi connectivity index (χ0n) is 14.3. The highest BCUT2D eigenvalue weighted by molar-refractivity contribution is 6.34. The molecule has 0 atom stereocenters. The van der Waals surface area contributed by atoms with Gasteiger partial charge in [-0.2, -0.15) is 0 Å². The maximum atomic E-state index is 12.7. The average Bonchev–Trinajstić information content (AvgIpc) is 2.68. The van der Waals surface area contributed by atoms with Crippen molar-refractivity contribution in [3.63, 3.8) is 0 Å². The van der Waals surface area contributed by atoms with Gasteiger partial charge < -0.3 is 19.7 Å². The van der Waals surface area contributed by atoms with Crippen molar-refractivity contribution in [3.8, 4) is 5.75 Å². The number of nitrogens with zero attached hydrogens (tertiary/aromatic N) is 1. The lowest BCUT2D eigenvalue weighted by Crippen LogP contribution is -2.40. The summed E-state index contributed by atoms with van der Waals surface area (Å²) in [6, 6.07) is 11.7. The van der Waals surface area contributed by atoms with Gasteiger partial charge in [-0.15, -0.1) is 0 Å². The number of methoxy groups -OCH3 is 1. The van der Waals surface area contributed by atoms with Gasteiger partial charge in [-0.3, -0.25) is 9.59 Å². The van der Waals surface area contributed by atoms with Crippen LogP contribution in [0.2, 0.25) is 5.02 Å². The van der Waals surface area contributed by atoms with Gasteiger partial charge in [0.15, 0.2) is 0 Å². The molecule has 1 aliphatic rings. The van der Waals surface area contributed by atoms with Gasteiger partial charge in [0.05, 0.1) is 36.6 Å². The maximum absolute atomic E-state index is 12.7. The summed E-state index contributed by atoms with van der Waals surface area (Å²) in [7, 11) is 1.50. The topological polar surface area (TPSA) is 67.9 Å². The zero-order chi connectivity index (χ0) is 18.5. The second kappa shape index (κ2) is 8.21. The number of rotatable bonds is 4. The summed E-state index contributed by atoms with van der Waals surface area (Å²) in [6.45, 7) is 2.15. The molecule has 1 saturated heterocycles. The van der Waals surface area contributed by atoms with Crippen LogP contribution in [0, 0.1) is 0 Å². The third-order valence-electron chi connectivity index (χ3n) is 4.11. The van der Waals surface area contributed by atoms with Gasteiger partial charge in [-0.1, -0.05) is 23.7 Å². The molecule has 0 bridgehead atoms. The molecule has 7 heteroatoms. The molecule has 0 saturated carbocycles. The summed E-state index contributed by atoms with van der Waals surface area (Å²) in [5.41, 5.74) is 1.24. The first-order chi connectivity index (χ1) is 12.6. The van der Waals surface area contributed by atoms with Crippen molar-refractivity contribution in [3.05, 3.63) is 58.6 Å². The van der Waals surface area contributed by atoms with E-state index in [0.717, 1.165) is 0 Å². The number of hydrogen-bond acceptors (Lipinski definition) is 4. The van der Waals surface area contributed by atoms with Gasteiger partial charge in [0.2, 0.25) is 0 Å². The average molecular weight is 375 g/mol. The number of ether oxygens (including phenoxy) is 2. The molecule has 0 spiro atoms. The Kier molecular flexibility index (Phi) is 5.75. The zero-order valence-corrected chi connectivity index (χ0v) is 15.1. The summed E-state index contributed by atoms with van der Waals surface area (Å²) < 4.78 is 10.6. The Morgan fingerprint density at radius 3 is 2.58 bits per heavy atom. The van der Waals surface area contributed by atoms with Gasteiger partial charge in [-0.25, -0.2) is 0 Å². The van der Waals surface area contributed by atoms with Gasteiger partial charge >= 0.3 is 0 Å². The van der Waals surface area contributed by atoms with Crippen LogP contribution >= 0.6 is 11.6 Å². The fourth-order valence-corrected chi connectivity index (χ4v) is 2.94. The number of halogens is 1. The highest BCUT2D eigenvalue weighted by Crippen LogP contribution is 2.27. The van der Waals surface area contributed by atoms with Crippen molar-refractivity contribution in [1.82, 2.24) is 4.90 Å². The van der Waals surface area contributed by atoms with E-state index >= 15 is 0 Å². The minimum absolute atomic E-state index is 0.107. The molecule has 0 aliphatic carbocycles. The van der Waals surface area contributed by atoms with E-state index in [4.69, 9.17) is 21.1 Å². The molecule has 1 N–H and O–H groups in total. The number of anilines is 1. The van der Waals surface area contributed by atoms with Crippen LogP contribution in [-0.4, -0.2) is 50.1 Å². The lowest BCUT2D eigenvalue weighted by Gasteiger charge is -2.27. The SMILES string of the molecule is COc1ccc(C(=O)N2CCOCC2)cc1NC(=O)c1ccccc1Cl. The normalized spacial score (nSPS) is 14.0. The second-order valence-electron chi connectivity index (χ2n) is 5.75. The highest BCUT2D eigenvalue weighted by atomic mass is 35.5. The molecule has 0 aromatic heterocycles. The van der Waals surface area contributed by atoms with E-state index < -0.39 is 0 Å². The van der Waals surface area contributed by atoms with Gasteiger partial charge in [0.1, 0.15) is 5.75 Å². The minimum Gasteiger partial charge on any atom is -0.495 e. The van der Waals surface area contributed by atoms with Crippen LogP contribution in [0.3, 0.4) is 0 Å². The lowest BCUT2D eigenvalue weighted by molar-refractivity contribution is 0.0303. The third kappa shape index (κ3) is 3.98. The number of carbonyl (C=O) groups is 2. The molecule has 136 valence electrons. The first kappa shape index (κ1) is 18.2. The molecule has 2 amide bonds. The number of benzene rings is 2. The highest BCUT2D eigenvalue weighted by Gasteiger charge is 2.20. The van der Waals surface area contributed by atoms with Gasteiger partial charge in [0, 0.05) is 18.7 Å². The molecule has 2 aromatic carbocycles. The Hall–Kier alpha value is -2.57. The minimum atomic E-state index is -0.370. The van der Waals surface area contributed by atoms with Crippen LogP contribution in [0.4, 0.5) is 5.69 Å². The Labute approximate surface area is 156 Å². The molecule has 0 unspecified atom stereocenters. The van der Waals surface area contributed by atoms with Crippen molar-refractivity contribution in [2.45, 2.75) is 0 Å². The van der Waals surface area contributed by atoms with Gasteiger partial charge in [-0.05, 0) is 30.3 Å². The van der Waals surface area contributed by atoms with E-state index in [0.29, 0.717) is 53.9 Å². The molecular weight excluding hydrogens is 356 g/mol. The predicted octanol–water partition coefficient (Wildman–Crippen LogP) is 3.07. The number of nitrogens with one attached hydrogen (secondary N) is 1. The first-order valence-corrected chi connectivity index (χ1v) is 8.59. The van der Waals surface area contributed by atoms with E-state index in [9.17, 15) is 9.59 Å². The molecule has 3 rings (SSSR count). The number of carbonyl (C=O) groups excluding carboxylic acids is 2. The van der Waals surface area contributed by atoms with Crippen LogP contribution in [0.25, 0.3) is 0 Å². The number of amides is 2. The van der Waals surface area contributed by atoms with Crippen LogP contribution in [0.5, 0.6) is 5.75 Å². The van der Waals surface area contributed by atoms with Gasteiger partial charge in [0.25, 0.3) is 11.8 Å². The molecular formula is C19H19ClN2O4. The van der Waals surface area contributed by atoms with Crippen molar-refractivity contribution >= 4 is 29.1 Å². The van der Waals surface area contributed by atoms with E-state index in [1.165, 1.54) is 7.11 Å². The van der Waals surface area contributed by atoms with Crippen molar-refractivity contribution in [2.75, 3.05) is 38.7 Å². The summed E-state index contributed by atoms with van der Waals surface area (Å²) in [5.74, 6) is -0.0157. The molecule has 2 aromatic rings. The number of morpholine rings is 1. The van der Waals surface area contributed by atoms with E-state index in [2.05, 4.69) is 5.32 Å². The van der Waals surface area contributed by atoms with E-state index in [1.54, 1.807) is 47.4 Å². The smallest absolute Gasteiger partial charge is 0.257 e. The largest absolute Gasteiger partial charge is 0.495 e. The van der Waals surface area contributed by atoms with Crippen molar-refractivity contribution < 1.29 is 19.1 Å². The maximum Gasteiger partial charge on any atom is 0.257 e. The lowest BCUT2D eigenvalue weighted by atomic mass is 10.1. The second-order valence-corrected chi connectivity index (χ2v) is 6.16. The molecule has 0 radical (unpaired) electrons. The predicted molar refractivity (Wildman–Crippen MR) is 99.1 cm³/mol. The Balaban J connectivity index is 1.84. The summed E-state index contributed by atoms with van der Waals surface area (Å²) in [4.78, 5) is 26.9. The number of hydrogen-bond donors (Lipinski definition) is 1. The first-order valence-electron chi connectivity index (χ1n) is 8.21. The Morgan fingerprint density at radius 2 is 1.88 bits per heavy atom. The quantitative estimate of drug-likeness (QED) is 0.893. The summed E-state index contributed by atoms with van der Waals surface area (Å²) >= 11 is 6.08. The van der Waals surface area contributed by atoms with Crippen LogP contribution < -0.4 is 10.1 Å². The molecule has 1 fully saturated rings. The van der Waals surface area contributed by atoms with Crippen molar-refractivity contribution in [1.29, 1.82) is 0 Å². The van der Waals surface area contributed by atoms with Crippen LogP contribution in [-0.2, 0) is 4.74 Å². The third-order valence-corrected chi connectivity index (χ3v) is 4.44. The van der Waals surface area contributed by atoms with Crippen LogP contribution in [0.1, 0.15) is 20.7 Å². The Morgan fingerprint density at radius 1 is 1.15 bits per heavy atom. The molecule has 1 aliphatic heterocycles. The van der Waals surface area contributed by atoms with E-state index in [1.807, 2.05) is 0 Å². The monoisotopic (exact) mass is 374 g/mol. The summed E-state index contributed by atoms with van der Waals surface area (Å²) in [5, 5.41) is 3.12. The molecule has 26 heavy (non-hydrogen) atoms. The van der Waals surface area contributed by atoms with Crippen LogP contribution in [0.15, 0.2) is 42.5 Å². The standard InChI is InChI=1S/C19H19ClN2O4/c1-25-17-7-6-13(19(24)22-8-10-26-11-9-22)12-16(17)21-18(23)14-4-2-3-5-15(14)20/h2-7,12H,8-11H2,1H3,(H,21,23). The molecule has 1 heterocycles. The molecule has 6 nitrogen and oxygen atoms in total. The Bertz CT molecular complexity index is 819.